The minimum absolute atomic E-state index is 0.0874. The second-order valence-corrected chi connectivity index (χ2v) is 5.58. The van der Waals surface area contributed by atoms with E-state index in [4.69, 9.17) is 5.11 Å². The van der Waals surface area contributed by atoms with Gasteiger partial charge in [0.15, 0.2) is 0 Å². The molecule has 4 atom stereocenters. The van der Waals surface area contributed by atoms with Crippen molar-refractivity contribution in [2.24, 2.45) is 0 Å². The summed E-state index contributed by atoms with van der Waals surface area (Å²) >= 11 is 0. The normalized spacial score (nSPS) is 16.8. The Labute approximate surface area is 135 Å². The van der Waals surface area contributed by atoms with E-state index in [1.165, 1.54) is 12.1 Å². The first-order chi connectivity index (χ1) is 11.3. The second kappa shape index (κ2) is 7.77. The molecule has 0 amide bonds. The Hall–Kier alpha value is -1.91. The lowest BCUT2D eigenvalue weighted by molar-refractivity contribution is -0.0772. The summed E-state index contributed by atoms with van der Waals surface area (Å²) in [5.41, 5.74) is -0.228. The largest absolute Gasteiger partial charge is 0.394 e. The van der Waals surface area contributed by atoms with E-state index in [0.29, 0.717) is 5.52 Å². The smallest absolute Gasteiger partial charge is 0.270 e. The Morgan fingerprint density at radius 2 is 1.88 bits per heavy atom. The van der Waals surface area contributed by atoms with Gasteiger partial charge < -0.3 is 30.5 Å². The van der Waals surface area contributed by atoms with Gasteiger partial charge in [-0.2, -0.15) is 0 Å². The molecule has 2 unspecified atom stereocenters. The molecular weight excluding hydrogens is 323 g/mol. The topological polar surface area (TPSA) is 147 Å². The molecular formula is C15H19FN2O6. The van der Waals surface area contributed by atoms with Crippen molar-refractivity contribution >= 4 is 11.0 Å². The predicted molar refractivity (Wildman–Crippen MR) is 81.8 cm³/mol. The molecule has 0 saturated carbocycles. The molecule has 6 N–H and O–H groups in total. The highest BCUT2D eigenvalue weighted by atomic mass is 19.1. The van der Waals surface area contributed by atoms with E-state index in [2.05, 4.69) is 9.97 Å². The van der Waals surface area contributed by atoms with Crippen LogP contribution in [-0.4, -0.2) is 66.5 Å². The van der Waals surface area contributed by atoms with Crippen molar-refractivity contribution in [1.29, 1.82) is 0 Å². The highest BCUT2D eigenvalue weighted by Gasteiger charge is 2.27. The number of aliphatic hydroxyl groups is 5. The quantitative estimate of drug-likeness (QED) is 0.356. The van der Waals surface area contributed by atoms with Gasteiger partial charge in [-0.25, -0.2) is 9.37 Å². The summed E-state index contributed by atoms with van der Waals surface area (Å²) in [5.74, 6) is -0.534. The third kappa shape index (κ3) is 4.34. The van der Waals surface area contributed by atoms with E-state index in [9.17, 15) is 29.6 Å². The number of hydrogen-bond acceptors (Lipinski definition) is 7. The Kier molecular flexibility index (Phi) is 5.97. The first kappa shape index (κ1) is 18.4. The van der Waals surface area contributed by atoms with E-state index >= 15 is 0 Å². The number of aliphatic hydroxyl groups excluding tert-OH is 5. The van der Waals surface area contributed by atoms with Crippen molar-refractivity contribution in [2.45, 2.75) is 37.3 Å². The molecule has 0 saturated heterocycles. The zero-order valence-corrected chi connectivity index (χ0v) is 12.6. The van der Waals surface area contributed by atoms with Crippen LogP contribution < -0.4 is 5.56 Å². The van der Waals surface area contributed by atoms with Crippen LogP contribution in [0.2, 0.25) is 0 Å². The van der Waals surface area contributed by atoms with Crippen molar-refractivity contribution in [3.63, 3.8) is 0 Å². The molecule has 0 aliphatic heterocycles. The molecule has 8 nitrogen and oxygen atoms in total. The maximum Gasteiger partial charge on any atom is 0.270 e. The fourth-order valence-electron chi connectivity index (χ4n) is 2.30. The Balaban J connectivity index is 2.14. The molecule has 0 fully saturated rings. The third-order valence-electron chi connectivity index (χ3n) is 3.64. The molecule has 0 aliphatic carbocycles. The molecule has 2 rings (SSSR count). The molecule has 24 heavy (non-hydrogen) atoms. The van der Waals surface area contributed by atoms with Crippen molar-refractivity contribution < 1.29 is 29.9 Å². The maximum atomic E-state index is 13.1. The Morgan fingerprint density at radius 1 is 1.17 bits per heavy atom. The molecule has 9 heteroatoms. The number of nitrogens with zero attached hydrogens (tertiary/aromatic N) is 1. The van der Waals surface area contributed by atoms with Gasteiger partial charge in [-0.05, 0) is 18.2 Å². The first-order valence-corrected chi connectivity index (χ1v) is 7.33. The van der Waals surface area contributed by atoms with Crippen LogP contribution in [0.1, 0.15) is 12.1 Å². The summed E-state index contributed by atoms with van der Waals surface area (Å²) in [7, 11) is 0. The number of nitrogens with one attached hydrogen (secondary N) is 1. The van der Waals surface area contributed by atoms with E-state index in [0.717, 1.165) is 6.07 Å². The summed E-state index contributed by atoms with van der Waals surface area (Å²) in [6.07, 6.45) is -6.57. The molecule has 0 aliphatic rings. The van der Waals surface area contributed by atoms with Gasteiger partial charge in [0.05, 0.1) is 36.0 Å². The lowest BCUT2D eigenvalue weighted by Crippen LogP contribution is -2.41. The Morgan fingerprint density at radius 3 is 2.54 bits per heavy atom. The number of aromatic amines is 1. The van der Waals surface area contributed by atoms with Gasteiger partial charge in [0, 0.05) is 12.8 Å². The lowest BCUT2D eigenvalue weighted by Gasteiger charge is -2.23. The molecule has 132 valence electrons. The van der Waals surface area contributed by atoms with Gasteiger partial charge in [0.1, 0.15) is 17.6 Å². The minimum atomic E-state index is -1.64. The molecule has 0 radical (unpaired) electrons. The number of hydrogen-bond donors (Lipinski definition) is 6. The predicted octanol–water partition coefficient (Wildman–Crippen LogP) is -1.57. The zero-order chi connectivity index (χ0) is 17.9. The standard InChI is InChI=1S/C15H19FN2O6/c16-7-1-2-9-10(3-7)18-15(24)11(17-9)5-13(22)14(23)12(21)4-8(20)6-19/h1-3,8,12-14,19-23H,4-6H2,(H,18,24)/t8-,12?,13+,14?/m0/s1. The van der Waals surface area contributed by atoms with Crippen molar-refractivity contribution in [1.82, 2.24) is 9.97 Å². The van der Waals surface area contributed by atoms with Gasteiger partial charge in [0.2, 0.25) is 0 Å². The van der Waals surface area contributed by atoms with Crippen LogP contribution in [0.15, 0.2) is 23.0 Å². The van der Waals surface area contributed by atoms with E-state index < -0.39 is 42.4 Å². The molecule has 0 spiro atoms. The number of halogens is 1. The highest BCUT2D eigenvalue weighted by Crippen LogP contribution is 2.13. The van der Waals surface area contributed by atoms with Crippen LogP contribution >= 0.6 is 0 Å². The SMILES string of the molecule is O=c1[nH]c2cc(F)ccc2nc1C[C@@H](O)C(O)C(O)C[C@H](O)CO. The lowest BCUT2D eigenvalue weighted by atomic mass is 9.99. The summed E-state index contributed by atoms with van der Waals surface area (Å²) in [6.45, 7) is -0.595. The molecule has 1 aromatic carbocycles. The van der Waals surface area contributed by atoms with Crippen LogP contribution in [0.3, 0.4) is 0 Å². The summed E-state index contributed by atoms with van der Waals surface area (Å²) in [4.78, 5) is 18.4. The fourth-order valence-corrected chi connectivity index (χ4v) is 2.30. The average molecular weight is 342 g/mol. The fraction of sp³-hybridized carbons (Fsp3) is 0.467. The number of fused-ring (bicyclic) bond motifs is 1. The van der Waals surface area contributed by atoms with Crippen molar-refractivity contribution in [2.75, 3.05) is 6.61 Å². The summed E-state index contributed by atoms with van der Waals surface area (Å²) in [6, 6.07) is 3.64. The van der Waals surface area contributed by atoms with Gasteiger partial charge in [0.25, 0.3) is 5.56 Å². The number of benzene rings is 1. The third-order valence-corrected chi connectivity index (χ3v) is 3.64. The second-order valence-electron chi connectivity index (χ2n) is 5.58. The number of H-pyrrole nitrogens is 1. The van der Waals surface area contributed by atoms with Crippen LogP contribution in [0.5, 0.6) is 0 Å². The average Bonchev–Trinajstić information content (AvgIpc) is 2.54. The molecule has 0 bridgehead atoms. The number of aromatic nitrogens is 2. The summed E-state index contributed by atoms with van der Waals surface area (Å²) in [5, 5.41) is 47.5. The minimum Gasteiger partial charge on any atom is -0.394 e. The van der Waals surface area contributed by atoms with Gasteiger partial charge in [-0.3, -0.25) is 4.79 Å². The van der Waals surface area contributed by atoms with E-state index in [1.54, 1.807) is 0 Å². The van der Waals surface area contributed by atoms with Gasteiger partial charge in [-0.15, -0.1) is 0 Å². The number of rotatable bonds is 7. The van der Waals surface area contributed by atoms with Gasteiger partial charge >= 0.3 is 0 Å². The Bertz CT molecular complexity index is 752. The molecule has 2 aromatic rings. The monoisotopic (exact) mass is 342 g/mol. The van der Waals surface area contributed by atoms with Crippen molar-refractivity contribution in [3.8, 4) is 0 Å². The zero-order valence-electron chi connectivity index (χ0n) is 12.6. The van der Waals surface area contributed by atoms with Crippen LogP contribution in [-0.2, 0) is 6.42 Å². The molecule has 1 aromatic heterocycles. The molecule has 1 heterocycles. The van der Waals surface area contributed by atoms with Crippen LogP contribution in [0, 0.1) is 5.82 Å². The van der Waals surface area contributed by atoms with Gasteiger partial charge in [-0.1, -0.05) is 0 Å². The van der Waals surface area contributed by atoms with Crippen LogP contribution in [0.25, 0.3) is 11.0 Å². The van der Waals surface area contributed by atoms with Crippen molar-refractivity contribution in [3.05, 3.63) is 40.1 Å². The maximum absolute atomic E-state index is 13.1. The van der Waals surface area contributed by atoms with Crippen LogP contribution in [0.4, 0.5) is 4.39 Å². The first-order valence-electron chi connectivity index (χ1n) is 7.33. The van der Waals surface area contributed by atoms with E-state index in [1.807, 2.05) is 0 Å². The van der Waals surface area contributed by atoms with E-state index in [-0.39, 0.29) is 24.1 Å². The highest BCUT2D eigenvalue weighted by molar-refractivity contribution is 5.73. The summed E-state index contributed by atoms with van der Waals surface area (Å²) < 4.78 is 13.1.